The van der Waals surface area contributed by atoms with Gasteiger partial charge in [0.25, 0.3) is 0 Å². The van der Waals surface area contributed by atoms with Crippen LogP contribution in [0, 0.1) is 5.82 Å². The molecule has 0 fully saturated rings. The van der Waals surface area contributed by atoms with E-state index in [4.69, 9.17) is 4.74 Å². The summed E-state index contributed by atoms with van der Waals surface area (Å²) in [5.74, 6) is 0.572. The van der Waals surface area contributed by atoms with E-state index in [1.54, 1.807) is 17.0 Å². The fourth-order valence-corrected chi connectivity index (χ4v) is 1.83. The molecule has 0 radical (unpaired) electrons. The van der Waals surface area contributed by atoms with E-state index in [0.717, 1.165) is 18.5 Å². The number of nitrogens with zero attached hydrogens (tertiary/aromatic N) is 3. The molecule has 0 amide bonds. The molecule has 0 unspecified atom stereocenters. The first-order valence-corrected chi connectivity index (χ1v) is 6.66. The van der Waals surface area contributed by atoms with E-state index in [2.05, 4.69) is 22.4 Å². The number of nitrogens with one attached hydrogen (secondary N) is 1. The summed E-state index contributed by atoms with van der Waals surface area (Å²) in [6.45, 7) is 3.75. The Balaban J connectivity index is 2.07. The van der Waals surface area contributed by atoms with Gasteiger partial charge in [0.2, 0.25) is 0 Å². The van der Waals surface area contributed by atoms with Crippen molar-refractivity contribution in [3.63, 3.8) is 0 Å². The van der Waals surface area contributed by atoms with Crippen LogP contribution in [0.4, 0.5) is 4.39 Å². The van der Waals surface area contributed by atoms with Gasteiger partial charge in [-0.2, -0.15) is 0 Å². The third-order valence-electron chi connectivity index (χ3n) is 2.94. The Morgan fingerprint density at radius 3 is 2.95 bits per heavy atom. The average molecular weight is 278 g/mol. The normalized spacial score (nSPS) is 10.8. The molecule has 108 valence electrons. The van der Waals surface area contributed by atoms with Crippen molar-refractivity contribution in [3.8, 4) is 5.75 Å². The van der Waals surface area contributed by atoms with Crippen LogP contribution in [0.5, 0.6) is 5.75 Å². The second-order valence-electron chi connectivity index (χ2n) is 4.55. The number of aryl methyl sites for hydroxylation is 1. The van der Waals surface area contributed by atoms with E-state index in [1.165, 1.54) is 6.07 Å². The average Bonchev–Trinajstić information content (AvgIpc) is 2.84. The Labute approximate surface area is 117 Å². The number of aromatic nitrogens is 3. The lowest BCUT2D eigenvalue weighted by atomic mass is 10.2. The summed E-state index contributed by atoms with van der Waals surface area (Å²) in [4.78, 5) is 0. The summed E-state index contributed by atoms with van der Waals surface area (Å²) in [5.41, 5.74) is 0.806. The van der Waals surface area contributed by atoms with Crippen molar-refractivity contribution in [2.45, 2.75) is 26.5 Å². The van der Waals surface area contributed by atoms with Gasteiger partial charge in [-0.05, 0) is 19.0 Å². The zero-order chi connectivity index (χ0) is 14.4. The van der Waals surface area contributed by atoms with E-state index < -0.39 is 0 Å². The molecule has 2 aromatic rings. The maximum absolute atomic E-state index is 13.9. The van der Waals surface area contributed by atoms with Crippen LogP contribution in [-0.2, 0) is 20.2 Å². The van der Waals surface area contributed by atoms with Crippen LogP contribution in [-0.4, -0.2) is 21.3 Å². The van der Waals surface area contributed by atoms with E-state index in [9.17, 15) is 4.39 Å². The molecular weight excluding hydrogens is 259 g/mol. The Morgan fingerprint density at radius 1 is 1.40 bits per heavy atom. The fraction of sp³-hybridized carbons (Fsp3) is 0.429. The zero-order valence-corrected chi connectivity index (χ0v) is 11.8. The van der Waals surface area contributed by atoms with Crippen molar-refractivity contribution in [1.29, 1.82) is 0 Å². The van der Waals surface area contributed by atoms with Crippen LogP contribution in [0.2, 0.25) is 0 Å². The van der Waals surface area contributed by atoms with Crippen molar-refractivity contribution in [3.05, 3.63) is 41.7 Å². The van der Waals surface area contributed by atoms with Crippen LogP contribution in [0.1, 0.15) is 24.7 Å². The standard InChI is InChI=1S/C14H19FN4O/c1-3-7-16-8-11-5-4-6-12(15)14(11)20-9-13-18-17-10-19(13)2/h4-6,10,16H,3,7-9H2,1-2H3. The molecule has 0 bridgehead atoms. The first-order valence-electron chi connectivity index (χ1n) is 6.66. The summed E-state index contributed by atoms with van der Waals surface area (Å²) < 4.78 is 21.2. The number of hydrogen-bond donors (Lipinski definition) is 1. The lowest BCUT2D eigenvalue weighted by Gasteiger charge is -2.12. The smallest absolute Gasteiger partial charge is 0.170 e. The molecule has 1 aromatic heterocycles. The molecule has 0 atom stereocenters. The Morgan fingerprint density at radius 2 is 2.25 bits per heavy atom. The van der Waals surface area contributed by atoms with Crippen LogP contribution in [0.25, 0.3) is 0 Å². The highest BCUT2D eigenvalue weighted by Gasteiger charge is 2.11. The topological polar surface area (TPSA) is 52.0 Å². The molecule has 0 saturated heterocycles. The first kappa shape index (κ1) is 14.5. The minimum absolute atomic E-state index is 0.193. The van der Waals surface area contributed by atoms with Crippen molar-refractivity contribution in [2.24, 2.45) is 7.05 Å². The van der Waals surface area contributed by atoms with Gasteiger partial charge in [-0.3, -0.25) is 0 Å². The fourth-order valence-electron chi connectivity index (χ4n) is 1.83. The number of halogens is 1. The van der Waals surface area contributed by atoms with Gasteiger partial charge in [0.05, 0.1) is 0 Å². The molecule has 0 aliphatic rings. The predicted octanol–water partition coefficient (Wildman–Crippen LogP) is 2.03. The summed E-state index contributed by atoms with van der Waals surface area (Å²) in [7, 11) is 1.82. The summed E-state index contributed by atoms with van der Waals surface area (Å²) >= 11 is 0. The van der Waals surface area contributed by atoms with E-state index in [0.29, 0.717) is 12.4 Å². The maximum atomic E-state index is 13.9. The monoisotopic (exact) mass is 278 g/mol. The van der Waals surface area contributed by atoms with E-state index >= 15 is 0 Å². The van der Waals surface area contributed by atoms with Gasteiger partial charge in [-0.25, -0.2) is 4.39 Å². The lowest BCUT2D eigenvalue weighted by molar-refractivity contribution is 0.273. The molecule has 0 spiro atoms. The second kappa shape index (κ2) is 7.00. The molecule has 0 saturated carbocycles. The molecule has 0 aliphatic carbocycles. The van der Waals surface area contributed by atoms with Crippen LogP contribution in [0.15, 0.2) is 24.5 Å². The van der Waals surface area contributed by atoms with Crippen molar-refractivity contribution < 1.29 is 9.13 Å². The molecule has 1 aromatic carbocycles. The Bertz CT molecular complexity index is 556. The molecule has 1 N–H and O–H groups in total. The molecule has 20 heavy (non-hydrogen) atoms. The number of hydrogen-bond acceptors (Lipinski definition) is 4. The highest BCUT2D eigenvalue weighted by Crippen LogP contribution is 2.23. The van der Waals surface area contributed by atoms with Crippen molar-refractivity contribution in [2.75, 3.05) is 6.54 Å². The lowest BCUT2D eigenvalue weighted by Crippen LogP contribution is -2.15. The van der Waals surface area contributed by atoms with Gasteiger partial charge in [0, 0.05) is 19.2 Å². The van der Waals surface area contributed by atoms with Gasteiger partial charge >= 0.3 is 0 Å². The summed E-state index contributed by atoms with van der Waals surface area (Å²) in [5, 5.41) is 10.9. The molecule has 1 heterocycles. The van der Waals surface area contributed by atoms with Gasteiger partial charge < -0.3 is 14.6 Å². The molecular formula is C14H19FN4O. The van der Waals surface area contributed by atoms with Gasteiger partial charge in [-0.1, -0.05) is 19.1 Å². The zero-order valence-electron chi connectivity index (χ0n) is 11.8. The van der Waals surface area contributed by atoms with Crippen molar-refractivity contribution in [1.82, 2.24) is 20.1 Å². The van der Waals surface area contributed by atoms with Gasteiger partial charge in [0.1, 0.15) is 12.9 Å². The Kier molecular flexibility index (Phi) is 5.06. The number of benzene rings is 1. The van der Waals surface area contributed by atoms with E-state index in [-0.39, 0.29) is 18.2 Å². The van der Waals surface area contributed by atoms with Crippen LogP contribution >= 0.6 is 0 Å². The van der Waals surface area contributed by atoms with E-state index in [1.807, 2.05) is 13.1 Å². The first-order chi connectivity index (χ1) is 9.72. The molecule has 5 nitrogen and oxygen atoms in total. The predicted molar refractivity (Wildman–Crippen MR) is 73.7 cm³/mol. The minimum Gasteiger partial charge on any atom is -0.482 e. The third kappa shape index (κ3) is 3.54. The van der Waals surface area contributed by atoms with Crippen molar-refractivity contribution >= 4 is 0 Å². The summed E-state index contributed by atoms with van der Waals surface area (Å²) in [6.07, 6.45) is 2.62. The second-order valence-corrected chi connectivity index (χ2v) is 4.55. The van der Waals surface area contributed by atoms with Crippen LogP contribution < -0.4 is 10.1 Å². The van der Waals surface area contributed by atoms with Gasteiger partial charge in [0.15, 0.2) is 17.4 Å². The third-order valence-corrected chi connectivity index (χ3v) is 2.94. The molecule has 2 rings (SSSR count). The maximum Gasteiger partial charge on any atom is 0.170 e. The number of rotatable bonds is 7. The Hall–Kier alpha value is -1.95. The number of para-hydroxylation sites is 1. The van der Waals surface area contributed by atoms with Gasteiger partial charge in [-0.15, -0.1) is 10.2 Å². The highest BCUT2D eigenvalue weighted by atomic mass is 19.1. The molecule has 6 heteroatoms. The highest BCUT2D eigenvalue weighted by molar-refractivity contribution is 5.35. The largest absolute Gasteiger partial charge is 0.482 e. The summed E-state index contributed by atoms with van der Waals surface area (Å²) in [6, 6.07) is 4.94. The molecule has 0 aliphatic heterocycles. The SMILES string of the molecule is CCCNCc1cccc(F)c1OCc1nncn1C. The quantitative estimate of drug-likeness (QED) is 0.787. The minimum atomic E-state index is -0.358. The number of ether oxygens (including phenoxy) is 1. The van der Waals surface area contributed by atoms with Crippen LogP contribution in [0.3, 0.4) is 0 Å².